The number of rotatable bonds is 16. The van der Waals surface area contributed by atoms with Crippen molar-refractivity contribution in [2.75, 3.05) is 54.9 Å². The molecule has 0 spiro atoms. The fourth-order valence-electron chi connectivity index (χ4n) is 1.88. The van der Waals surface area contributed by atoms with E-state index in [0.717, 1.165) is 0 Å². The van der Waals surface area contributed by atoms with Crippen LogP contribution in [-0.4, -0.2) is 101 Å². The number of carbonyl (C=O) groups excluding carboxylic acids is 2. The van der Waals surface area contributed by atoms with Crippen molar-refractivity contribution in [3.63, 3.8) is 0 Å². The van der Waals surface area contributed by atoms with Crippen LogP contribution in [0.15, 0.2) is 0 Å². The van der Waals surface area contributed by atoms with E-state index >= 15 is 0 Å². The molecule has 31 heavy (non-hydrogen) atoms. The molecular weight excluding hydrogens is 474 g/mol. The molecule has 0 aliphatic rings. The Kier molecular flexibility index (Phi) is 25.2. The van der Waals surface area contributed by atoms with Gasteiger partial charge < -0.3 is 38.6 Å². The van der Waals surface area contributed by atoms with Crippen molar-refractivity contribution in [1.82, 2.24) is 0 Å². The first-order chi connectivity index (χ1) is 14.2. The summed E-state index contributed by atoms with van der Waals surface area (Å²) in [5, 5.41) is 16.7. The van der Waals surface area contributed by atoms with Crippen LogP contribution < -0.4 is 0 Å². The number of hydrogen-bond acceptors (Lipinski definition) is 10. The summed E-state index contributed by atoms with van der Waals surface area (Å²) in [5.74, 6) is -3.17. The van der Waals surface area contributed by atoms with Crippen LogP contribution in [0.2, 0.25) is 0 Å². The van der Waals surface area contributed by atoms with Crippen LogP contribution in [0.5, 0.6) is 0 Å². The molecule has 0 aliphatic carbocycles. The smallest absolute Gasteiger partial charge is 0.306 e. The zero-order valence-electron chi connectivity index (χ0n) is 18.5. The average molecular weight is 506 g/mol. The van der Waals surface area contributed by atoms with Gasteiger partial charge in [-0.2, -0.15) is 0 Å². The molecule has 0 bridgehead atoms. The van der Waals surface area contributed by atoms with Crippen LogP contribution >= 0.6 is 0 Å². The molecule has 0 fully saturated rings. The average Bonchev–Trinajstić information content (AvgIpc) is 2.66. The Bertz CT molecular complexity index is 444. The van der Waals surface area contributed by atoms with E-state index in [2.05, 4.69) is 0 Å². The SMILES string of the molecule is COCC(COC)OC(=O)CCC(=O)O.COCC(COC)OC(=O)CCC(=O)O.[Zn]. The number of ether oxygens (including phenoxy) is 6. The van der Waals surface area contributed by atoms with E-state index in [0.29, 0.717) is 0 Å². The van der Waals surface area contributed by atoms with E-state index in [-0.39, 0.29) is 71.6 Å². The first kappa shape index (κ1) is 34.0. The Morgan fingerprint density at radius 1 is 0.581 bits per heavy atom. The van der Waals surface area contributed by atoms with Crippen molar-refractivity contribution in [1.29, 1.82) is 0 Å². The summed E-state index contributed by atoms with van der Waals surface area (Å²) < 4.78 is 29.1. The van der Waals surface area contributed by atoms with Gasteiger partial charge in [0.15, 0.2) is 0 Å². The van der Waals surface area contributed by atoms with Crippen LogP contribution in [-0.2, 0) is 67.1 Å². The van der Waals surface area contributed by atoms with Gasteiger partial charge in [0.05, 0.1) is 52.1 Å². The minimum absolute atomic E-state index is 0. The molecule has 0 rings (SSSR count). The molecular formula is C18H32O12Zn. The van der Waals surface area contributed by atoms with Crippen LogP contribution in [0.1, 0.15) is 25.7 Å². The number of aliphatic carboxylic acids is 2. The van der Waals surface area contributed by atoms with Gasteiger partial charge in [0.2, 0.25) is 0 Å². The molecule has 0 aliphatic heterocycles. The van der Waals surface area contributed by atoms with Gasteiger partial charge >= 0.3 is 23.9 Å². The third-order valence-corrected chi connectivity index (χ3v) is 3.09. The van der Waals surface area contributed by atoms with Crippen molar-refractivity contribution >= 4 is 23.9 Å². The molecule has 0 saturated carbocycles. The number of methoxy groups -OCH3 is 4. The maximum absolute atomic E-state index is 11.1. The minimum atomic E-state index is -1.03. The van der Waals surface area contributed by atoms with Gasteiger partial charge in [-0.3, -0.25) is 19.2 Å². The first-order valence-electron chi connectivity index (χ1n) is 8.98. The van der Waals surface area contributed by atoms with Gasteiger partial charge in [0.1, 0.15) is 12.2 Å². The normalized spacial score (nSPS) is 10.0. The molecule has 0 aromatic carbocycles. The second-order valence-electron chi connectivity index (χ2n) is 5.83. The predicted octanol–water partition coefficient (Wildman–Crippen LogP) is 0.109. The summed E-state index contributed by atoms with van der Waals surface area (Å²) in [4.78, 5) is 42.6. The van der Waals surface area contributed by atoms with Crippen molar-refractivity contribution in [2.24, 2.45) is 0 Å². The predicted molar refractivity (Wildman–Crippen MR) is 101 cm³/mol. The molecule has 2 N–H and O–H groups in total. The zero-order chi connectivity index (χ0) is 23.4. The van der Waals surface area contributed by atoms with Gasteiger partial charge in [0, 0.05) is 47.9 Å². The maximum Gasteiger partial charge on any atom is 0.306 e. The molecule has 0 saturated heterocycles. The molecule has 13 heteroatoms. The second-order valence-corrected chi connectivity index (χ2v) is 5.83. The Labute approximate surface area is 194 Å². The van der Waals surface area contributed by atoms with E-state index in [1.807, 2.05) is 0 Å². The maximum atomic E-state index is 11.1. The fraction of sp³-hybridized carbons (Fsp3) is 0.778. The monoisotopic (exact) mass is 504 g/mol. The quantitative estimate of drug-likeness (QED) is 0.215. The Morgan fingerprint density at radius 2 is 0.839 bits per heavy atom. The summed E-state index contributed by atoms with van der Waals surface area (Å²) in [7, 11) is 5.92. The molecule has 0 radical (unpaired) electrons. The van der Waals surface area contributed by atoms with Crippen molar-refractivity contribution in [3.05, 3.63) is 0 Å². The largest absolute Gasteiger partial charge is 0.481 e. The van der Waals surface area contributed by atoms with Gasteiger partial charge in [-0.15, -0.1) is 0 Å². The zero-order valence-corrected chi connectivity index (χ0v) is 21.5. The Balaban J connectivity index is -0.000000490. The van der Waals surface area contributed by atoms with Crippen molar-refractivity contribution in [3.8, 4) is 0 Å². The minimum Gasteiger partial charge on any atom is -0.481 e. The van der Waals surface area contributed by atoms with E-state index in [1.165, 1.54) is 28.4 Å². The summed E-state index contributed by atoms with van der Waals surface area (Å²) >= 11 is 0. The summed E-state index contributed by atoms with van der Waals surface area (Å²) in [6.07, 6.45) is -1.71. The summed E-state index contributed by atoms with van der Waals surface area (Å²) in [6, 6.07) is 0. The van der Waals surface area contributed by atoms with Gasteiger partial charge in [-0.05, 0) is 0 Å². The van der Waals surface area contributed by atoms with Crippen LogP contribution in [0, 0.1) is 0 Å². The summed E-state index contributed by atoms with van der Waals surface area (Å²) in [5.41, 5.74) is 0. The van der Waals surface area contributed by atoms with Gasteiger partial charge in [0.25, 0.3) is 0 Å². The van der Waals surface area contributed by atoms with Crippen molar-refractivity contribution < 1.29 is 77.3 Å². The number of carboxylic acids is 2. The van der Waals surface area contributed by atoms with E-state index < -0.39 is 36.1 Å². The number of hydrogen-bond donors (Lipinski definition) is 2. The van der Waals surface area contributed by atoms with Crippen LogP contribution in [0.3, 0.4) is 0 Å². The number of carbonyl (C=O) groups is 4. The molecule has 0 amide bonds. The molecule has 12 nitrogen and oxygen atoms in total. The van der Waals surface area contributed by atoms with Gasteiger partial charge in [-0.1, -0.05) is 0 Å². The Morgan fingerprint density at radius 3 is 1.03 bits per heavy atom. The van der Waals surface area contributed by atoms with E-state index in [4.69, 9.17) is 38.6 Å². The Hall–Kier alpha value is -1.66. The molecule has 0 atom stereocenters. The van der Waals surface area contributed by atoms with E-state index in [9.17, 15) is 19.2 Å². The van der Waals surface area contributed by atoms with Gasteiger partial charge in [-0.25, -0.2) is 0 Å². The van der Waals surface area contributed by atoms with Crippen LogP contribution in [0.4, 0.5) is 0 Å². The standard InChI is InChI=1S/2C9H16O6.Zn/c2*1-13-5-7(6-14-2)15-9(12)4-3-8(10)11;/h2*7H,3-6H2,1-2H3,(H,10,11);. The number of esters is 2. The second kappa shape index (κ2) is 23.0. The van der Waals surface area contributed by atoms with Crippen molar-refractivity contribution in [2.45, 2.75) is 37.9 Å². The first-order valence-corrected chi connectivity index (χ1v) is 8.98. The number of carboxylic acid groups (broad SMARTS) is 2. The van der Waals surface area contributed by atoms with E-state index in [1.54, 1.807) is 0 Å². The fourth-order valence-corrected chi connectivity index (χ4v) is 1.88. The molecule has 0 aromatic rings. The summed E-state index contributed by atoms with van der Waals surface area (Å²) in [6.45, 7) is 0.915. The van der Waals surface area contributed by atoms with Crippen LogP contribution in [0.25, 0.3) is 0 Å². The topological polar surface area (TPSA) is 164 Å². The molecule has 178 valence electrons. The third kappa shape index (κ3) is 24.5. The molecule has 0 heterocycles. The third-order valence-electron chi connectivity index (χ3n) is 3.09. The molecule has 0 unspecified atom stereocenters. The molecule has 0 aromatic heterocycles.